The van der Waals surface area contributed by atoms with Gasteiger partial charge in [0.1, 0.15) is 10.7 Å². The lowest BCUT2D eigenvalue weighted by molar-refractivity contribution is 0.309. The van der Waals surface area contributed by atoms with Gasteiger partial charge in [-0.2, -0.15) is 4.31 Å². The lowest BCUT2D eigenvalue weighted by atomic mass is 10.4. The van der Waals surface area contributed by atoms with Gasteiger partial charge in [-0.3, -0.25) is 0 Å². The Balaban J connectivity index is 2.04. The third kappa shape index (κ3) is 3.32. The summed E-state index contributed by atoms with van der Waals surface area (Å²) in [4.78, 5) is 1.98. The molecule has 0 bridgehead atoms. The molecule has 0 unspecified atom stereocenters. The molecule has 0 aromatic heterocycles. The molecule has 2 rings (SSSR count). The average Bonchev–Trinajstić information content (AvgIpc) is 2.89. The molecule has 1 saturated heterocycles. The summed E-state index contributed by atoms with van der Waals surface area (Å²) in [6.07, 6.45) is 2.34. The van der Waals surface area contributed by atoms with Crippen molar-refractivity contribution in [1.29, 1.82) is 0 Å². The number of nitrogens with zero attached hydrogens (tertiary/aromatic N) is 2. The van der Waals surface area contributed by atoms with Crippen molar-refractivity contribution in [1.82, 2.24) is 9.21 Å². The molecule has 0 amide bonds. The molecule has 1 fully saturated rings. The fourth-order valence-corrected chi connectivity index (χ4v) is 3.45. The van der Waals surface area contributed by atoms with E-state index in [2.05, 4.69) is 4.90 Å². The Morgan fingerprint density at radius 1 is 1.26 bits per heavy atom. The van der Waals surface area contributed by atoms with E-state index in [0.29, 0.717) is 13.1 Å². The Morgan fingerprint density at radius 2 is 1.89 bits per heavy atom. The summed E-state index contributed by atoms with van der Waals surface area (Å²) in [5, 5.41) is 0. The smallest absolute Gasteiger partial charge is 0.245 e. The molecular formula is C13H19FN2O2S. The van der Waals surface area contributed by atoms with Gasteiger partial charge in [-0.1, -0.05) is 12.1 Å². The highest BCUT2D eigenvalue weighted by atomic mass is 32.2. The second-order valence-electron chi connectivity index (χ2n) is 4.81. The van der Waals surface area contributed by atoms with Crippen LogP contribution >= 0.6 is 0 Å². The first kappa shape index (κ1) is 14.4. The topological polar surface area (TPSA) is 40.6 Å². The number of sulfonamides is 1. The van der Waals surface area contributed by atoms with Crippen LogP contribution in [0.5, 0.6) is 0 Å². The summed E-state index contributed by atoms with van der Waals surface area (Å²) >= 11 is 0. The molecule has 1 heterocycles. The number of benzene rings is 1. The normalized spacial score (nSPS) is 17.2. The largest absolute Gasteiger partial charge is 0.302 e. The summed E-state index contributed by atoms with van der Waals surface area (Å²) < 4.78 is 39.2. The van der Waals surface area contributed by atoms with Crippen molar-refractivity contribution in [3.8, 4) is 0 Å². The molecule has 19 heavy (non-hydrogen) atoms. The molecule has 0 saturated carbocycles. The third-order valence-corrected chi connectivity index (χ3v) is 5.34. The maximum Gasteiger partial charge on any atom is 0.245 e. The van der Waals surface area contributed by atoms with Crippen LogP contribution in [0.2, 0.25) is 0 Å². The van der Waals surface area contributed by atoms with E-state index >= 15 is 0 Å². The van der Waals surface area contributed by atoms with E-state index in [9.17, 15) is 12.8 Å². The van der Waals surface area contributed by atoms with Crippen LogP contribution in [0.1, 0.15) is 12.8 Å². The summed E-state index contributed by atoms with van der Waals surface area (Å²) in [7, 11) is -2.23. The van der Waals surface area contributed by atoms with Crippen molar-refractivity contribution in [2.24, 2.45) is 0 Å². The van der Waals surface area contributed by atoms with Gasteiger partial charge in [0.05, 0.1) is 0 Å². The molecule has 1 aromatic carbocycles. The quantitative estimate of drug-likeness (QED) is 0.824. The van der Waals surface area contributed by atoms with E-state index in [1.54, 1.807) is 0 Å². The van der Waals surface area contributed by atoms with Gasteiger partial charge in [0.25, 0.3) is 0 Å². The molecule has 6 heteroatoms. The first-order chi connectivity index (χ1) is 9.01. The number of hydrogen-bond donors (Lipinski definition) is 0. The Bertz CT molecular complexity index is 527. The van der Waals surface area contributed by atoms with E-state index in [4.69, 9.17) is 0 Å². The zero-order valence-electron chi connectivity index (χ0n) is 11.0. The highest BCUT2D eigenvalue weighted by molar-refractivity contribution is 7.89. The second-order valence-corrected chi connectivity index (χ2v) is 6.82. The molecule has 1 aromatic rings. The van der Waals surface area contributed by atoms with Crippen LogP contribution in [-0.2, 0) is 10.0 Å². The van der Waals surface area contributed by atoms with E-state index in [0.717, 1.165) is 13.1 Å². The maximum atomic E-state index is 13.6. The van der Waals surface area contributed by atoms with Gasteiger partial charge in [0, 0.05) is 20.1 Å². The van der Waals surface area contributed by atoms with Gasteiger partial charge in [0.15, 0.2) is 0 Å². The average molecular weight is 286 g/mol. The van der Waals surface area contributed by atoms with Gasteiger partial charge >= 0.3 is 0 Å². The highest BCUT2D eigenvalue weighted by Gasteiger charge is 2.24. The minimum absolute atomic E-state index is 0.251. The zero-order valence-corrected chi connectivity index (χ0v) is 11.9. The molecular weight excluding hydrogens is 267 g/mol. The van der Waals surface area contributed by atoms with Crippen molar-refractivity contribution in [3.63, 3.8) is 0 Å². The molecule has 0 N–H and O–H groups in total. The molecule has 4 nitrogen and oxygen atoms in total. The Labute approximate surface area is 113 Å². The van der Waals surface area contributed by atoms with Gasteiger partial charge < -0.3 is 4.90 Å². The Morgan fingerprint density at radius 3 is 2.53 bits per heavy atom. The van der Waals surface area contributed by atoms with E-state index in [-0.39, 0.29) is 4.90 Å². The summed E-state index contributed by atoms with van der Waals surface area (Å²) in [5.74, 6) is -0.699. The summed E-state index contributed by atoms with van der Waals surface area (Å²) in [5.41, 5.74) is 0. The summed E-state index contributed by atoms with van der Waals surface area (Å²) in [6.45, 7) is 3.13. The molecule has 0 spiro atoms. The predicted molar refractivity (Wildman–Crippen MR) is 71.9 cm³/mol. The third-order valence-electron chi connectivity index (χ3n) is 3.45. The van der Waals surface area contributed by atoms with E-state index in [1.807, 2.05) is 0 Å². The molecule has 0 aliphatic carbocycles. The number of hydrogen-bond acceptors (Lipinski definition) is 3. The molecule has 1 aliphatic rings. The van der Waals surface area contributed by atoms with Crippen LogP contribution in [0.3, 0.4) is 0 Å². The number of likely N-dealkylation sites (tertiary alicyclic amines) is 1. The number of likely N-dealkylation sites (N-methyl/N-ethyl adjacent to an activating group) is 1. The van der Waals surface area contributed by atoms with Gasteiger partial charge in [-0.05, 0) is 38.1 Å². The van der Waals surface area contributed by atoms with Crippen LogP contribution < -0.4 is 0 Å². The first-order valence-electron chi connectivity index (χ1n) is 6.45. The Hall–Kier alpha value is -0.980. The standard InChI is InChI=1S/C13H19FN2O2S/c1-15(10-11-16-8-4-5-9-16)19(17,18)13-7-3-2-6-12(13)14/h2-3,6-7H,4-5,8-11H2,1H3. The van der Waals surface area contributed by atoms with E-state index in [1.165, 1.54) is 48.5 Å². The lowest BCUT2D eigenvalue weighted by Gasteiger charge is -2.21. The van der Waals surface area contributed by atoms with Crippen LogP contribution in [-0.4, -0.2) is 50.8 Å². The van der Waals surface area contributed by atoms with Crippen LogP contribution in [0.4, 0.5) is 4.39 Å². The van der Waals surface area contributed by atoms with Crippen molar-refractivity contribution >= 4 is 10.0 Å². The minimum atomic E-state index is -3.73. The predicted octanol–water partition coefficient (Wildman–Crippen LogP) is 1.54. The van der Waals surface area contributed by atoms with Crippen molar-refractivity contribution in [2.75, 3.05) is 33.2 Å². The number of rotatable bonds is 5. The van der Waals surface area contributed by atoms with Crippen molar-refractivity contribution < 1.29 is 12.8 Å². The molecule has 106 valence electrons. The van der Waals surface area contributed by atoms with Crippen LogP contribution in [0, 0.1) is 5.82 Å². The summed E-state index contributed by atoms with van der Waals surface area (Å²) in [6, 6.07) is 5.49. The van der Waals surface area contributed by atoms with Crippen molar-refractivity contribution in [3.05, 3.63) is 30.1 Å². The highest BCUT2D eigenvalue weighted by Crippen LogP contribution is 2.18. The van der Waals surface area contributed by atoms with Gasteiger partial charge in [-0.25, -0.2) is 12.8 Å². The molecule has 0 atom stereocenters. The van der Waals surface area contributed by atoms with E-state index < -0.39 is 15.8 Å². The molecule has 0 radical (unpaired) electrons. The fourth-order valence-electron chi connectivity index (χ4n) is 2.23. The maximum absolute atomic E-state index is 13.6. The lowest BCUT2D eigenvalue weighted by Crippen LogP contribution is -2.35. The SMILES string of the molecule is CN(CCN1CCCC1)S(=O)(=O)c1ccccc1F. The number of halogens is 1. The van der Waals surface area contributed by atoms with Crippen molar-refractivity contribution in [2.45, 2.75) is 17.7 Å². The van der Waals surface area contributed by atoms with Gasteiger partial charge in [0.2, 0.25) is 10.0 Å². The molecule has 1 aliphatic heterocycles. The van der Waals surface area contributed by atoms with Crippen LogP contribution in [0.15, 0.2) is 29.2 Å². The first-order valence-corrected chi connectivity index (χ1v) is 7.89. The van der Waals surface area contributed by atoms with Gasteiger partial charge in [-0.15, -0.1) is 0 Å². The fraction of sp³-hybridized carbons (Fsp3) is 0.538. The Kier molecular flexibility index (Phi) is 4.54. The minimum Gasteiger partial charge on any atom is -0.302 e. The van der Waals surface area contributed by atoms with Crippen LogP contribution in [0.25, 0.3) is 0 Å². The second kappa shape index (κ2) is 5.98. The zero-order chi connectivity index (χ0) is 13.9. The monoisotopic (exact) mass is 286 g/mol.